The third-order valence-corrected chi connectivity index (χ3v) is 6.69. The van der Waals surface area contributed by atoms with Crippen molar-refractivity contribution in [2.24, 2.45) is 9.98 Å². The Morgan fingerprint density at radius 1 is 0.758 bits per heavy atom. The average Bonchev–Trinajstić information content (AvgIpc) is 3.56. The molecule has 0 amide bonds. The number of aryl methyl sites for hydroxylation is 2. The van der Waals surface area contributed by atoms with E-state index in [0.29, 0.717) is 6.04 Å². The summed E-state index contributed by atoms with van der Waals surface area (Å²) in [5.41, 5.74) is 7.60. The standard InChI is InChI=1S/C24H31N3.C5H10.Fe/c1-5-19-11-9-12-20(6-2)24(19)26-18(4)23-16-10-15-22(27-23)17(3)25-21-13-7-8-14-21;1-2-4-5-3-1;/h9-12,15-16,21H,5-8,13-14H2,1-4H3;1-5H2;. The van der Waals surface area contributed by atoms with E-state index in [4.69, 9.17) is 15.0 Å². The van der Waals surface area contributed by atoms with E-state index in [1.807, 2.05) is 6.07 Å². The van der Waals surface area contributed by atoms with Gasteiger partial charge in [-0.25, -0.2) is 4.98 Å². The molecule has 4 rings (SSSR count). The van der Waals surface area contributed by atoms with E-state index in [0.717, 1.165) is 41.3 Å². The molecule has 0 aliphatic heterocycles. The molecule has 33 heavy (non-hydrogen) atoms. The van der Waals surface area contributed by atoms with Crippen LogP contribution in [0.2, 0.25) is 0 Å². The van der Waals surface area contributed by atoms with Crippen LogP contribution in [0.4, 0.5) is 5.69 Å². The Balaban J connectivity index is 0.000000568. The first kappa shape index (κ1) is 27.5. The van der Waals surface area contributed by atoms with Crippen LogP contribution in [-0.4, -0.2) is 22.4 Å². The van der Waals surface area contributed by atoms with Gasteiger partial charge in [-0.3, -0.25) is 9.98 Å². The zero-order valence-electron chi connectivity index (χ0n) is 21.0. The maximum absolute atomic E-state index is 4.99. The van der Waals surface area contributed by atoms with Crippen LogP contribution in [0.3, 0.4) is 0 Å². The van der Waals surface area contributed by atoms with Gasteiger partial charge in [0.05, 0.1) is 34.5 Å². The van der Waals surface area contributed by atoms with Crippen molar-refractivity contribution >= 4 is 17.1 Å². The van der Waals surface area contributed by atoms with Crippen molar-refractivity contribution in [3.05, 3.63) is 58.9 Å². The van der Waals surface area contributed by atoms with Gasteiger partial charge >= 0.3 is 0 Å². The van der Waals surface area contributed by atoms with E-state index in [2.05, 4.69) is 58.0 Å². The number of nitrogens with zero attached hydrogens (tertiary/aromatic N) is 3. The summed E-state index contributed by atoms with van der Waals surface area (Å²) in [5, 5.41) is 0. The van der Waals surface area contributed by atoms with Crippen LogP contribution in [0, 0.1) is 0 Å². The first-order chi connectivity index (χ1) is 15.6. The molecule has 2 aliphatic rings. The van der Waals surface area contributed by atoms with Gasteiger partial charge in [-0.15, -0.1) is 0 Å². The molecular formula is C29H41FeN3. The number of aromatic nitrogens is 1. The van der Waals surface area contributed by atoms with E-state index in [1.54, 1.807) is 0 Å². The van der Waals surface area contributed by atoms with Crippen LogP contribution in [0.15, 0.2) is 46.4 Å². The normalized spacial score (nSPS) is 16.8. The Morgan fingerprint density at radius 3 is 1.76 bits per heavy atom. The molecular weight excluding hydrogens is 446 g/mol. The number of hydrogen-bond acceptors (Lipinski definition) is 3. The van der Waals surface area contributed by atoms with Gasteiger partial charge in [-0.1, -0.05) is 83.1 Å². The summed E-state index contributed by atoms with van der Waals surface area (Å²) in [6.45, 7) is 8.51. The molecule has 2 aliphatic carbocycles. The minimum Gasteiger partial charge on any atom is -0.284 e. The fourth-order valence-corrected chi connectivity index (χ4v) is 4.68. The molecule has 0 radical (unpaired) electrons. The van der Waals surface area contributed by atoms with Crippen LogP contribution in [0.1, 0.15) is 108 Å². The van der Waals surface area contributed by atoms with Gasteiger partial charge in [0.15, 0.2) is 0 Å². The van der Waals surface area contributed by atoms with Crippen molar-refractivity contribution in [1.29, 1.82) is 0 Å². The van der Waals surface area contributed by atoms with Crippen molar-refractivity contribution in [3.8, 4) is 0 Å². The maximum Gasteiger partial charge on any atom is 0.0849 e. The van der Waals surface area contributed by atoms with Crippen molar-refractivity contribution in [2.45, 2.75) is 104 Å². The summed E-state index contributed by atoms with van der Waals surface area (Å²) in [6.07, 6.45) is 14.5. The molecule has 0 spiro atoms. The van der Waals surface area contributed by atoms with Gasteiger partial charge < -0.3 is 0 Å². The number of rotatable bonds is 6. The minimum absolute atomic E-state index is 0. The number of pyridine rings is 1. The summed E-state index contributed by atoms with van der Waals surface area (Å²) in [6, 6.07) is 13.1. The van der Waals surface area contributed by atoms with Crippen LogP contribution < -0.4 is 0 Å². The molecule has 0 bridgehead atoms. The molecule has 180 valence electrons. The van der Waals surface area contributed by atoms with Crippen LogP contribution >= 0.6 is 0 Å². The fourth-order valence-electron chi connectivity index (χ4n) is 4.68. The quantitative estimate of drug-likeness (QED) is 0.300. The zero-order chi connectivity index (χ0) is 22.8. The largest absolute Gasteiger partial charge is 0.284 e. The summed E-state index contributed by atoms with van der Waals surface area (Å²) in [4.78, 5) is 14.7. The SMILES string of the molecule is C1CCCC1.CCc1cccc(CC)c1N=C(C)c1cccc(C(C)=NC2CCCC2)n1.[Fe]. The molecule has 1 aromatic carbocycles. The molecule has 0 atom stereocenters. The number of hydrogen-bond donors (Lipinski definition) is 0. The van der Waals surface area contributed by atoms with E-state index in [9.17, 15) is 0 Å². The summed E-state index contributed by atoms with van der Waals surface area (Å²) in [5.74, 6) is 0. The summed E-state index contributed by atoms with van der Waals surface area (Å²) in [7, 11) is 0. The van der Waals surface area contributed by atoms with E-state index < -0.39 is 0 Å². The van der Waals surface area contributed by atoms with Crippen molar-refractivity contribution in [2.75, 3.05) is 0 Å². The molecule has 0 unspecified atom stereocenters. The molecule has 3 nitrogen and oxygen atoms in total. The van der Waals surface area contributed by atoms with Crippen molar-refractivity contribution in [3.63, 3.8) is 0 Å². The summed E-state index contributed by atoms with van der Waals surface area (Å²) < 4.78 is 0. The van der Waals surface area contributed by atoms with Gasteiger partial charge in [0, 0.05) is 17.1 Å². The van der Waals surface area contributed by atoms with Crippen LogP contribution in [0.5, 0.6) is 0 Å². The Labute approximate surface area is 212 Å². The van der Waals surface area contributed by atoms with E-state index in [-0.39, 0.29) is 17.1 Å². The predicted octanol–water partition coefficient (Wildman–Crippen LogP) is 8.05. The molecule has 2 aromatic rings. The van der Waals surface area contributed by atoms with Gasteiger partial charge in [-0.2, -0.15) is 0 Å². The molecule has 2 fully saturated rings. The van der Waals surface area contributed by atoms with Gasteiger partial charge in [0.2, 0.25) is 0 Å². The second-order valence-corrected chi connectivity index (χ2v) is 9.16. The van der Waals surface area contributed by atoms with Gasteiger partial charge in [0.25, 0.3) is 0 Å². The topological polar surface area (TPSA) is 37.6 Å². The van der Waals surface area contributed by atoms with Gasteiger partial charge in [0.1, 0.15) is 0 Å². The summed E-state index contributed by atoms with van der Waals surface area (Å²) >= 11 is 0. The Bertz CT molecular complexity index is 892. The first-order valence-corrected chi connectivity index (χ1v) is 12.8. The molecule has 2 saturated carbocycles. The Kier molecular flexibility index (Phi) is 12.1. The van der Waals surface area contributed by atoms with E-state index >= 15 is 0 Å². The molecule has 4 heteroatoms. The fraction of sp³-hybridized carbons (Fsp3) is 0.552. The third-order valence-electron chi connectivity index (χ3n) is 6.69. The molecule has 1 aromatic heterocycles. The molecule has 0 saturated heterocycles. The van der Waals surface area contributed by atoms with Crippen molar-refractivity contribution in [1.82, 2.24) is 4.98 Å². The number of para-hydroxylation sites is 1. The Morgan fingerprint density at radius 2 is 1.24 bits per heavy atom. The third kappa shape index (κ3) is 8.19. The zero-order valence-corrected chi connectivity index (χ0v) is 22.1. The first-order valence-electron chi connectivity index (χ1n) is 12.8. The molecule has 1 heterocycles. The number of aliphatic imine (C=N–C) groups is 2. The second kappa shape index (κ2) is 14.5. The number of benzene rings is 1. The average molecular weight is 488 g/mol. The van der Waals surface area contributed by atoms with Gasteiger partial charge in [-0.05, 0) is 62.8 Å². The van der Waals surface area contributed by atoms with Crippen LogP contribution in [-0.2, 0) is 29.9 Å². The van der Waals surface area contributed by atoms with E-state index in [1.165, 1.54) is 68.9 Å². The second-order valence-electron chi connectivity index (χ2n) is 9.16. The monoisotopic (exact) mass is 487 g/mol. The maximum atomic E-state index is 4.99. The predicted molar refractivity (Wildman–Crippen MR) is 139 cm³/mol. The minimum atomic E-state index is 0. The van der Waals surface area contributed by atoms with Crippen LogP contribution in [0.25, 0.3) is 0 Å². The van der Waals surface area contributed by atoms with Crippen molar-refractivity contribution < 1.29 is 17.1 Å². The Hall–Kier alpha value is -1.77. The molecule has 0 N–H and O–H groups in total. The smallest absolute Gasteiger partial charge is 0.0849 e.